The van der Waals surface area contributed by atoms with E-state index in [9.17, 15) is 22.8 Å². The molecule has 0 saturated carbocycles. The molecule has 0 aromatic heterocycles. The second-order valence-corrected chi connectivity index (χ2v) is 6.14. The summed E-state index contributed by atoms with van der Waals surface area (Å²) in [4.78, 5) is 27.5. The molecule has 138 valence electrons. The van der Waals surface area contributed by atoms with Crippen molar-refractivity contribution < 1.29 is 22.8 Å². The van der Waals surface area contributed by atoms with Crippen LogP contribution in [-0.4, -0.2) is 61.4 Å². The second-order valence-electron chi connectivity index (χ2n) is 6.14. The predicted molar refractivity (Wildman–Crippen MR) is 87.1 cm³/mol. The number of nitrogens with zero attached hydrogens (tertiary/aromatic N) is 2. The normalized spacial score (nSPS) is 17.1. The first kappa shape index (κ1) is 19.2. The first-order valence-electron chi connectivity index (χ1n) is 7.88. The number of benzene rings is 1. The fourth-order valence-electron chi connectivity index (χ4n) is 2.67. The second kappa shape index (κ2) is 7.83. The molecule has 0 spiro atoms. The van der Waals surface area contributed by atoms with Crippen molar-refractivity contribution >= 4 is 17.5 Å². The van der Waals surface area contributed by atoms with Gasteiger partial charge >= 0.3 is 6.18 Å². The van der Waals surface area contributed by atoms with Crippen molar-refractivity contribution in [1.29, 1.82) is 0 Å². The Kier molecular flexibility index (Phi) is 6.02. The lowest BCUT2D eigenvalue weighted by atomic mass is 10.1. The Morgan fingerprint density at radius 3 is 2.52 bits per heavy atom. The summed E-state index contributed by atoms with van der Waals surface area (Å²) in [5.74, 6) is -1.42. The van der Waals surface area contributed by atoms with Gasteiger partial charge in [0.15, 0.2) is 0 Å². The van der Waals surface area contributed by atoms with Crippen LogP contribution in [0.25, 0.3) is 0 Å². The van der Waals surface area contributed by atoms with Gasteiger partial charge in [0.1, 0.15) is 0 Å². The van der Waals surface area contributed by atoms with Crippen LogP contribution in [-0.2, 0) is 11.0 Å². The molecular weight excluding hydrogens is 337 g/mol. The number of nitrogens with two attached hydrogens (primary N) is 1. The number of carbonyl (C=O) groups excluding carboxylic acids is 2. The van der Waals surface area contributed by atoms with Crippen LogP contribution < -0.4 is 11.1 Å². The Bertz CT molecular complexity index is 649. The zero-order valence-corrected chi connectivity index (χ0v) is 13.9. The third-order valence-electron chi connectivity index (χ3n) is 4.01. The van der Waals surface area contributed by atoms with Gasteiger partial charge in [-0.15, -0.1) is 0 Å². The Morgan fingerprint density at radius 2 is 1.88 bits per heavy atom. The van der Waals surface area contributed by atoms with Gasteiger partial charge in [-0.05, 0) is 44.8 Å². The summed E-state index contributed by atoms with van der Waals surface area (Å²) in [6, 6.07) is 2.61. The molecule has 0 unspecified atom stereocenters. The quantitative estimate of drug-likeness (QED) is 0.852. The van der Waals surface area contributed by atoms with Gasteiger partial charge < -0.3 is 16.0 Å². The summed E-state index contributed by atoms with van der Waals surface area (Å²) in [5, 5.41) is 2.43. The molecule has 1 aliphatic heterocycles. The van der Waals surface area contributed by atoms with Crippen molar-refractivity contribution in [3.05, 3.63) is 29.3 Å². The maximum atomic E-state index is 12.9. The zero-order valence-electron chi connectivity index (χ0n) is 13.9. The number of anilines is 1. The van der Waals surface area contributed by atoms with Crippen LogP contribution in [0.3, 0.4) is 0 Å². The molecule has 3 N–H and O–H groups in total. The molecule has 25 heavy (non-hydrogen) atoms. The van der Waals surface area contributed by atoms with E-state index in [0.29, 0.717) is 12.6 Å². The molecule has 1 saturated heterocycles. The number of carbonyl (C=O) groups is 2. The fraction of sp³-hybridized carbons (Fsp3) is 0.500. The largest absolute Gasteiger partial charge is 0.416 e. The first-order valence-corrected chi connectivity index (χ1v) is 7.88. The van der Waals surface area contributed by atoms with Crippen LogP contribution in [0.5, 0.6) is 0 Å². The van der Waals surface area contributed by atoms with Crippen molar-refractivity contribution in [2.24, 2.45) is 5.73 Å². The molecule has 0 atom stereocenters. The van der Waals surface area contributed by atoms with Crippen molar-refractivity contribution in [1.82, 2.24) is 9.80 Å². The van der Waals surface area contributed by atoms with E-state index in [0.717, 1.165) is 38.2 Å². The van der Waals surface area contributed by atoms with Crippen LogP contribution in [0.2, 0.25) is 0 Å². The number of rotatable bonds is 4. The lowest BCUT2D eigenvalue weighted by Crippen LogP contribution is -2.36. The summed E-state index contributed by atoms with van der Waals surface area (Å²) in [5.41, 5.74) is 3.64. The van der Waals surface area contributed by atoms with Gasteiger partial charge in [0.25, 0.3) is 0 Å². The maximum Gasteiger partial charge on any atom is 0.416 e. The minimum atomic E-state index is -4.64. The molecule has 2 amide bonds. The smallest absolute Gasteiger partial charge is 0.366 e. The van der Waals surface area contributed by atoms with Crippen LogP contribution in [0.1, 0.15) is 22.3 Å². The van der Waals surface area contributed by atoms with E-state index in [2.05, 4.69) is 10.2 Å². The van der Waals surface area contributed by atoms with Crippen LogP contribution >= 0.6 is 0 Å². The van der Waals surface area contributed by atoms with Gasteiger partial charge in [-0.1, -0.05) is 0 Å². The van der Waals surface area contributed by atoms with E-state index in [4.69, 9.17) is 5.73 Å². The SMILES string of the molecule is CN1CCCN(CC(=O)Nc2cc(C(N)=O)cc(C(F)(F)F)c2)CC1. The predicted octanol–water partition coefficient (Wildman–Crippen LogP) is 1.38. The molecule has 9 heteroatoms. The highest BCUT2D eigenvalue weighted by molar-refractivity contribution is 5.97. The summed E-state index contributed by atoms with van der Waals surface area (Å²) in [6.45, 7) is 3.29. The minimum Gasteiger partial charge on any atom is -0.366 e. The molecule has 1 heterocycles. The first-order chi connectivity index (χ1) is 11.6. The molecule has 1 aromatic carbocycles. The summed E-state index contributed by atoms with van der Waals surface area (Å²) in [6.07, 6.45) is -3.72. The number of amides is 2. The molecular formula is C16H21F3N4O2. The monoisotopic (exact) mass is 358 g/mol. The van der Waals surface area contributed by atoms with Gasteiger partial charge in [0, 0.05) is 24.3 Å². The third-order valence-corrected chi connectivity index (χ3v) is 4.01. The summed E-state index contributed by atoms with van der Waals surface area (Å²) >= 11 is 0. The van der Waals surface area contributed by atoms with Crippen LogP contribution in [0.15, 0.2) is 18.2 Å². The van der Waals surface area contributed by atoms with Crippen LogP contribution in [0, 0.1) is 0 Å². The number of likely N-dealkylation sites (N-methyl/N-ethyl adjacent to an activating group) is 1. The number of primary amides is 1. The van der Waals surface area contributed by atoms with Crippen molar-refractivity contribution in [2.45, 2.75) is 12.6 Å². The van der Waals surface area contributed by atoms with E-state index in [1.165, 1.54) is 0 Å². The average molecular weight is 358 g/mol. The van der Waals surface area contributed by atoms with Crippen molar-refractivity contribution in [3.63, 3.8) is 0 Å². The molecule has 0 bridgehead atoms. The Balaban J connectivity index is 2.09. The van der Waals surface area contributed by atoms with Gasteiger partial charge in [0.05, 0.1) is 12.1 Å². The summed E-state index contributed by atoms with van der Waals surface area (Å²) in [7, 11) is 2.00. The Labute approximate surface area is 143 Å². The number of nitrogens with one attached hydrogen (secondary N) is 1. The van der Waals surface area contributed by atoms with E-state index in [-0.39, 0.29) is 17.8 Å². The molecule has 0 aliphatic carbocycles. The molecule has 0 radical (unpaired) electrons. The van der Waals surface area contributed by atoms with Gasteiger partial charge in [-0.2, -0.15) is 13.2 Å². The van der Waals surface area contributed by atoms with E-state index >= 15 is 0 Å². The highest BCUT2D eigenvalue weighted by Gasteiger charge is 2.32. The van der Waals surface area contributed by atoms with Crippen molar-refractivity contribution in [3.8, 4) is 0 Å². The fourth-order valence-corrected chi connectivity index (χ4v) is 2.67. The number of hydrogen-bond donors (Lipinski definition) is 2. The lowest BCUT2D eigenvalue weighted by Gasteiger charge is -2.19. The average Bonchev–Trinajstić information content (AvgIpc) is 2.70. The number of alkyl halides is 3. The van der Waals surface area contributed by atoms with Crippen molar-refractivity contribution in [2.75, 3.05) is 45.1 Å². The Hall–Kier alpha value is -2.13. The molecule has 1 fully saturated rings. The Morgan fingerprint density at radius 1 is 1.16 bits per heavy atom. The molecule has 6 nitrogen and oxygen atoms in total. The third kappa shape index (κ3) is 5.71. The lowest BCUT2D eigenvalue weighted by molar-refractivity contribution is -0.137. The maximum absolute atomic E-state index is 12.9. The number of halogens is 3. The molecule has 1 aromatic rings. The standard InChI is InChI=1S/C16H21F3N4O2/c1-22-3-2-4-23(6-5-22)10-14(24)21-13-8-11(15(20)25)7-12(9-13)16(17,18)19/h7-9H,2-6,10H2,1H3,(H2,20,25)(H,21,24). The van der Waals surface area contributed by atoms with Gasteiger partial charge in [-0.25, -0.2) is 0 Å². The highest BCUT2D eigenvalue weighted by Crippen LogP contribution is 2.32. The highest BCUT2D eigenvalue weighted by atomic mass is 19.4. The summed E-state index contributed by atoms with van der Waals surface area (Å²) < 4.78 is 38.8. The van der Waals surface area contributed by atoms with Crippen LogP contribution in [0.4, 0.5) is 18.9 Å². The molecule has 1 aliphatic rings. The minimum absolute atomic E-state index is 0.0794. The zero-order chi connectivity index (χ0) is 18.6. The van der Waals surface area contributed by atoms with E-state index < -0.39 is 23.6 Å². The number of hydrogen-bond acceptors (Lipinski definition) is 4. The topological polar surface area (TPSA) is 78.7 Å². The molecule has 2 rings (SSSR count). The van der Waals surface area contributed by atoms with E-state index in [1.807, 2.05) is 11.9 Å². The van der Waals surface area contributed by atoms with E-state index in [1.54, 1.807) is 0 Å². The van der Waals surface area contributed by atoms with Gasteiger partial charge in [0.2, 0.25) is 11.8 Å². The van der Waals surface area contributed by atoms with Gasteiger partial charge in [-0.3, -0.25) is 14.5 Å².